The molecule has 0 aliphatic rings. The second-order valence-electron chi connectivity index (χ2n) is 3.96. The predicted octanol–water partition coefficient (Wildman–Crippen LogP) is 3.28. The molecular weight excluding hydrogens is 263 g/mol. The SMILES string of the molecule is Fc1ccc(CNc2n[nH]c(-c3cccs3)n2)cc1. The molecular formula is C13H11FN4S. The molecule has 0 unspecified atom stereocenters. The first-order valence-electron chi connectivity index (χ1n) is 5.76. The zero-order chi connectivity index (χ0) is 13.1. The van der Waals surface area contributed by atoms with E-state index in [1.165, 1.54) is 12.1 Å². The Kier molecular flexibility index (Phi) is 3.24. The van der Waals surface area contributed by atoms with Crippen molar-refractivity contribution in [1.29, 1.82) is 0 Å². The molecule has 0 fully saturated rings. The Labute approximate surface area is 113 Å². The molecule has 0 radical (unpaired) electrons. The minimum absolute atomic E-state index is 0.235. The molecule has 2 N–H and O–H groups in total. The highest BCUT2D eigenvalue weighted by Crippen LogP contribution is 2.21. The van der Waals surface area contributed by atoms with E-state index in [2.05, 4.69) is 20.5 Å². The van der Waals surface area contributed by atoms with Crippen LogP contribution in [0.25, 0.3) is 10.7 Å². The summed E-state index contributed by atoms with van der Waals surface area (Å²) in [6.45, 7) is 0.558. The van der Waals surface area contributed by atoms with Crippen LogP contribution in [0.15, 0.2) is 41.8 Å². The first kappa shape index (κ1) is 11.9. The summed E-state index contributed by atoms with van der Waals surface area (Å²) in [4.78, 5) is 5.39. The molecule has 0 saturated heterocycles. The summed E-state index contributed by atoms with van der Waals surface area (Å²) in [7, 11) is 0. The number of aromatic amines is 1. The Bertz CT molecular complexity index is 646. The Morgan fingerprint density at radius 2 is 2.05 bits per heavy atom. The van der Waals surface area contributed by atoms with Crippen molar-refractivity contribution in [3.8, 4) is 10.7 Å². The summed E-state index contributed by atoms with van der Waals surface area (Å²) in [5.41, 5.74) is 0.976. The monoisotopic (exact) mass is 274 g/mol. The smallest absolute Gasteiger partial charge is 0.242 e. The summed E-state index contributed by atoms with van der Waals surface area (Å²) in [5, 5.41) is 12.1. The van der Waals surface area contributed by atoms with Gasteiger partial charge in [-0.1, -0.05) is 18.2 Å². The van der Waals surface area contributed by atoms with E-state index in [1.54, 1.807) is 23.5 Å². The number of H-pyrrole nitrogens is 1. The van der Waals surface area contributed by atoms with Crippen LogP contribution in [0.4, 0.5) is 10.3 Å². The van der Waals surface area contributed by atoms with Crippen LogP contribution >= 0.6 is 11.3 Å². The van der Waals surface area contributed by atoms with Gasteiger partial charge in [0, 0.05) is 6.54 Å². The van der Waals surface area contributed by atoms with E-state index in [0.717, 1.165) is 16.3 Å². The Balaban J connectivity index is 1.66. The van der Waals surface area contributed by atoms with Crippen LogP contribution < -0.4 is 5.32 Å². The van der Waals surface area contributed by atoms with Crippen molar-refractivity contribution in [3.05, 3.63) is 53.2 Å². The second kappa shape index (κ2) is 5.19. The Morgan fingerprint density at radius 1 is 1.21 bits per heavy atom. The highest BCUT2D eigenvalue weighted by atomic mass is 32.1. The molecule has 0 bridgehead atoms. The third-order valence-electron chi connectivity index (χ3n) is 2.60. The number of nitrogens with zero attached hydrogens (tertiary/aromatic N) is 2. The lowest BCUT2D eigenvalue weighted by Crippen LogP contribution is -2.00. The molecule has 4 nitrogen and oxygen atoms in total. The number of nitrogens with one attached hydrogen (secondary N) is 2. The molecule has 0 saturated carbocycles. The van der Waals surface area contributed by atoms with Gasteiger partial charge in [0.25, 0.3) is 0 Å². The molecule has 0 spiro atoms. The van der Waals surface area contributed by atoms with E-state index in [-0.39, 0.29) is 5.82 Å². The van der Waals surface area contributed by atoms with Gasteiger partial charge in [0.15, 0.2) is 5.82 Å². The fourth-order valence-electron chi connectivity index (χ4n) is 1.65. The summed E-state index contributed by atoms with van der Waals surface area (Å²) in [6, 6.07) is 10.3. The zero-order valence-electron chi connectivity index (χ0n) is 9.93. The minimum Gasteiger partial charge on any atom is -0.349 e. The van der Waals surface area contributed by atoms with Crippen LogP contribution in [0.1, 0.15) is 5.56 Å². The van der Waals surface area contributed by atoms with E-state index < -0.39 is 0 Å². The maximum atomic E-state index is 12.8. The fraction of sp³-hybridized carbons (Fsp3) is 0.0769. The van der Waals surface area contributed by atoms with Gasteiger partial charge in [-0.25, -0.2) is 4.39 Å². The van der Waals surface area contributed by atoms with Gasteiger partial charge < -0.3 is 5.32 Å². The molecule has 3 rings (SSSR count). The van der Waals surface area contributed by atoms with E-state index in [4.69, 9.17) is 0 Å². The highest BCUT2D eigenvalue weighted by Gasteiger charge is 2.05. The van der Waals surface area contributed by atoms with Gasteiger partial charge in [-0.3, -0.25) is 5.10 Å². The van der Waals surface area contributed by atoms with E-state index >= 15 is 0 Å². The van der Waals surface area contributed by atoms with Crippen molar-refractivity contribution in [2.75, 3.05) is 5.32 Å². The van der Waals surface area contributed by atoms with Gasteiger partial charge in [0.2, 0.25) is 5.95 Å². The molecule has 6 heteroatoms. The Hall–Kier alpha value is -2.21. The third kappa shape index (κ3) is 2.79. The lowest BCUT2D eigenvalue weighted by Gasteiger charge is -2.01. The lowest BCUT2D eigenvalue weighted by molar-refractivity contribution is 0.627. The van der Waals surface area contributed by atoms with Gasteiger partial charge in [0.1, 0.15) is 5.82 Å². The molecule has 96 valence electrons. The number of rotatable bonds is 4. The highest BCUT2D eigenvalue weighted by molar-refractivity contribution is 7.13. The van der Waals surface area contributed by atoms with Gasteiger partial charge >= 0.3 is 0 Å². The minimum atomic E-state index is -0.235. The largest absolute Gasteiger partial charge is 0.349 e. The van der Waals surface area contributed by atoms with E-state index in [1.807, 2.05) is 17.5 Å². The fourth-order valence-corrected chi connectivity index (χ4v) is 2.31. The molecule has 2 aromatic heterocycles. The molecule has 0 aliphatic heterocycles. The average Bonchev–Trinajstić information content (AvgIpc) is 3.09. The van der Waals surface area contributed by atoms with Crippen LogP contribution in [-0.4, -0.2) is 15.2 Å². The number of thiophene rings is 1. The quantitative estimate of drug-likeness (QED) is 0.767. The van der Waals surface area contributed by atoms with Crippen molar-refractivity contribution < 1.29 is 4.39 Å². The summed E-state index contributed by atoms with van der Waals surface area (Å²) in [6.07, 6.45) is 0. The van der Waals surface area contributed by atoms with Crippen LogP contribution in [-0.2, 0) is 6.54 Å². The standard InChI is InChI=1S/C13H11FN4S/c14-10-5-3-9(4-6-10)8-15-13-16-12(17-18-13)11-2-1-7-19-11/h1-7H,8H2,(H2,15,16,17,18). The topological polar surface area (TPSA) is 53.6 Å². The average molecular weight is 274 g/mol. The lowest BCUT2D eigenvalue weighted by atomic mass is 10.2. The Morgan fingerprint density at radius 3 is 2.79 bits per heavy atom. The molecule has 3 aromatic rings. The molecule has 0 atom stereocenters. The third-order valence-corrected chi connectivity index (χ3v) is 3.48. The molecule has 19 heavy (non-hydrogen) atoms. The number of hydrogen-bond donors (Lipinski definition) is 2. The maximum absolute atomic E-state index is 12.8. The van der Waals surface area contributed by atoms with E-state index in [9.17, 15) is 4.39 Å². The van der Waals surface area contributed by atoms with Gasteiger partial charge in [-0.2, -0.15) is 4.98 Å². The molecule has 2 heterocycles. The van der Waals surface area contributed by atoms with Gasteiger partial charge in [-0.05, 0) is 29.1 Å². The normalized spacial score (nSPS) is 10.6. The van der Waals surface area contributed by atoms with Crippen LogP contribution in [0, 0.1) is 5.82 Å². The molecule has 0 aliphatic carbocycles. The second-order valence-corrected chi connectivity index (χ2v) is 4.91. The number of benzene rings is 1. The van der Waals surface area contributed by atoms with Crippen LogP contribution in [0.3, 0.4) is 0 Å². The van der Waals surface area contributed by atoms with Crippen molar-refractivity contribution in [1.82, 2.24) is 15.2 Å². The maximum Gasteiger partial charge on any atom is 0.242 e. The predicted molar refractivity (Wildman–Crippen MR) is 73.4 cm³/mol. The number of hydrogen-bond acceptors (Lipinski definition) is 4. The first-order chi connectivity index (χ1) is 9.31. The van der Waals surface area contributed by atoms with Crippen molar-refractivity contribution >= 4 is 17.3 Å². The first-order valence-corrected chi connectivity index (χ1v) is 6.64. The molecule has 0 amide bonds. The summed E-state index contributed by atoms with van der Waals surface area (Å²) >= 11 is 1.60. The molecule has 1 aromatic carbocycles. The summed E-state index contributed by atoms with van der Waals surface area (Å²) in [5.74, 6) is 1.05. The van der Waals surface area contributed by atoms with Crippen molar-refractivity contribution in [3.63, 3.8) is 0 Å². The van der Waals surface area contributed by atoms with Gasteiger partial charge in [-0.15, -0.1) is 16.4 Å². The zero-order valence-corrected chi connectivity index (χ0v) is 10.7. The van der Waals surface area contributed by atoms with Crippen molar-refractivity contribution in [2.24, 2.45) is 0 Å². The van der Waals surface area contributed by atoms with Crippen LogP contribution in [0.2, 0.25) is 0 Å². The number of anilines is 1. The van der Waals surface area contributed by atoms with Gasteiger partial charge in [0.05, 0.1) is 4.88 Å². The van der Waals surface area contributed by atoms with E-state index in [0.29, 0.717) is 12.5 Å². The van der Waals surface area contributed by atoms with Crippen molar-refractivity contribution in [2.45, 2.75) is 6.54 Å². The number of aromatic nitrogens is 3. The summed E-state index contributed by atoms with van der Waals surface area (Å²) < 4.78 is 12.8. The number of halogens is 1. The van der Waals surface area contributed by atoms with Crippen LogP contribution in [0.5, 0.6) is 0 Å².